The number of rotatable bonds is 6. The number of amides is 1. The first kappa shape index (κ1) is 18.7. The van der Waals surface area contributed by atoms with E-state index in [0.717, 1.165) is 31.2 Å². The summed E-state index contributed by atoms with van der Waals surface area (Å²) < 4.78 is 0. The molecule has 5 nitrogen and oxygen atoms in total. The molecule has 3 aromatic rings. The largest absolute Gasteiger partial charge is 0.335 e. The molecule has 4 rings (SSSR count). The van der Waals surface area contributed by atoms with Crippen molar-refractivity contribution < 1.29 is 4.79 Å². The molecule has 0 spiro atoms. The van der Waals surface area contributed by atoms with Crippen molar-refractivity contribution >= 4 is 28.4 Å². The van der Waals surface area contributed by atoms with Gasteiger partial charge in [0.05, 0.1) is 17.4 Å². The van der Waals surface area contributed by atoms with E-state index in [9.17, 15) is 9.59 Å². The van der Waals surface area contributed by atoms with E-state index in [2.05, 4.69) is 9.97 Å². The zero-order valence-corrected chi connectivity index (χ0v) is 16.3. The van der Waals surface area contributed by atoms with Crippen LogP contribution in [0.5, 0.6) is 0 Å². The van der Waals surface area contributed by atoms with Gasteiger partial charge in [-0.05, 0) is 49.1 Å². The number of fused-ring (bicyclic) bond motifs is 1. The van der Waals surface area contributed by atoms with Crippen molar-refractivity contribution in [3.63, 3.8) is 0 Å². The highest BCUT2D eigenvalue weighted by atomic mass is 35.5. The normalized spacial score (nSPS) is 14.0. The van der Waals surface area contributed by atoms with Crippen molar-refractivity contribution in [3.8, 4) is 0 Å². The highest BCUT2D eigenvalue weighted by molar-refractivity contribution is 6.30. The third-order valence-corrected chi connectivity index (χ3v) is 5.60. The Morgan fingerprint density at radius 3 is 2.61 bits per heavy atom. The summed E-state index contributed by atoms with van der Waals surface area (Å²) in [5.41, 5.74) is 1.60. The molecule has 0 saturated heterocycles. The van der Waals surface area contributed by atoms with Gasteiger partial charge >= 0.3 is 0 Å². The smallest absolute Gasteiger partial charge is 0.258 e. The minimum atomic E-state index is -0.172. The molecule has 0 atom stereocenters. The molecular formula is C22H22ClN3O2. The topological polar surface area (TPSA) is 66.1 Å². The fourth-order valence-corrected chi connectivity index (χ4v) is 3.61. The van der Waals surface area contributed by atoms with E-state index < -0.39 is 0 Å². The van der Waals surface area contributed by atoms with Crippen LogP contribution in [-0.2, 0) is 17.8 Å². The summed E-state index contributed by atoms with van der Waals surface area (Å²) in [5.74, 6) is 0.765. The Balaban J connectivity index is 1.55. The second kappa shape index (κ2) is 8.15. The lowest BCUT2D eigenvalue weighted by Gasteiger charge is -2.31. The van der Waals surface area contributed by atoms with E-state index in [1.54, 1.807) is 6.07 Å². The Kier molecular flexibility index (Phi) is 5.44. The lowest BCUT2D eigenvalue weighted by Crippen LogP contribution is -2.40. The van der Waals surface area contributed by atoms with Gasteiger partial charge in [-0.25, -0.2) is 4.98 Å². The zero-order chi connectivity index (χ0) is 19.5. The number of aromatic nitrogens is 2. The van der Waals surface area contributed by atoms with E-state index in [4.69, 9.17) is 11.6 Å². The number of H-pyrrole nitrogens is 1. The van der Waals surface area contributed by atoms with Crippen molar-refractivity contribution in [2.45, 2.75) is 32.2 Å². The van der Waals surface area contributed by atoms with Crippen LogP contribution in [0.25, 0.3) is 10.9 Å². The molecule has 0 unspecified atom stereocenters. The number of para-hydroxylation sites is 1. The predicted octanol–water partition coefficient (Wildman–Crippen LogP) is 3.95. The summed E-state index contributed by atoms with van der Waals surface area (Å²) >= 11 is 5.96. The summed E-state index contributed by atoms with van der Waals surface area (Å²) in [6.07, 6.45) is 3.72. The maximum atomic E-state index is 12.9. The first-order valence-corrected chi connectivity index (χ1v) is 9.99. The van der Waals surface area contributed by atoms with Gasteiger partial charge in [0, 0.05) is 17.5 Å². The number of nitrogens with one attached hydrogen (secondary N) is 1. The molecule has 1 N–H and O–H groups in total. The Bertz CT molecular complexity index is 1040. The molecule has 0 radical (unpaired) electrons. The molecule has 0 aliphatic heterocycles. The van der Waals surface area contributed by atoms with Gasteiger partial charge in [-0.3, -0.25) is 9.59 Å². The number of halogens is 1. The van der Waals surface area contributed by atoms with Gasteiger partial charge in [0.1, 0.15) is 5.82 Å². The molecular weight excluding hydrogens is 374 g/mol. The van der Waals surface area contributed by atoms with Crippen molar-refractivity contribution in [2.75, 3.05) is 6.54 Å². The van der Waals surface area contributed by atoms with E-state index in [1.807, 2.05) is 47.4 Å². The second-order valence-electron chi connectivity index (χ2n) is 7.29. The van der Waals surface area contributed by atoms with E-state index in [1.165, 1.54) is 0 Å². The Morgan fingerprint density at radius 2 is 1.89 bits per heavy atom. The number of hydrogen-bond acceptors (Lipinski definition) is 3. The molecule has 2 aromatic carbocycles. The van der Waals surface area contributed by atoms with E-state index in [0.29, 0.717) is 34.8 Å². The molecule has 28 heavy (non-hydrogen) atoms. The first-order valence-electron chi connectivity index (χ1n) is 9.61. The third-order valence-electron chi connectivity index (χ3n) is 5.35. The Hall–Kier alpha value is -2.66. The number of carbonyl (C=O) groups is 1. The average molecular weight is 396 g/mol. The SMILES string of the molecule is O=C(C1CCC1)N(CCc1ccc(Cl)cc1)Cc1nc2ccccc2c(=O)[nH]1. The van der Waals surface area contributed by atoms with Crippen LogP contribution in [0.4, 0.5) is 0 Å². The van der Waals surface area contributed by atoms with Crippen LogP contribution in [0, 0.1) is 5.92 Å². The number of nitrogens with zero attached hydrogens (tertiary/aromatic N) is 2. The first-order chi connectivity index (χ1) is 13.6. The lowest BCUT2D eigenvalue weighted by molar-refractivity contribution is -0.138. The summed E-state index contributed by atoms with van der Waals surface area (Å²) in [6.45, 7) is 0.885. The fourth-order valence-electron chi connectivity index (χ4n) is 3.49. The summed E-state index contributed by atoms with van der Waals surface area (Å²) in [5, 5.41) is 1.26. The van der Waals surface area contributed by atoms with Crippen LogP contribution in [0.3, 0.4) is 0 Å². The maximum Gasteiger partial charge on any atom is 0.258 e. The third kappa shape index (κ3) is 4.09. The van der Waals surface area contributed by atoms with Crippen LogP contribution in [-0.4, -0.2) is 27.3 Å². The number of aromatic amines is 1. The molecule has 1 aromatic heterocycles. The number of carbonyl (C=O) groups excluding carboxylic acids is 1. The lowest BCUT2D eigenvalue weighted by atomic mass is 9.84. The van der Waals surface area contributed by atoms with Gasteiger partial charge in [0.15, 0.2) is 0 Å². The Morgan fingerprint density at radius 1 is 1.14 bits per heavy atom. The second-order valence-corrected chi connectivity index (χ2v) is 7.73. The summed E-state index contributed by atoms with van der Waals surface area (Å²) in [6, 6.07) is 14.9. The van der Waals surface area contributed by atoms with Crippen LogP contribution in [0.15, 0.2) is 53.3 Å². The monoisotopic (exact) mass is 395 g/mol. The zero-order valence-electron chi connectivity index (χ0n) is 15.5. The predicted molar refractivity (Wildman–Crippen MR) is 110 cm³/mol. The van der Waals surface area contributed by atoms with Gasteiger partial charge < -0.3 is 9.88 Å². The Labute approximate surface area is 168 Å². The van der Waals surface area contributed by atoms with Crippen molar-refractivity contribution in [3.05, 3.63) is 75.3 Å². The number of hydrogen-bond donors (Lipinski definition) is 1. The van der Waals surface area contributed by atoms with Gasteiger partial charge in [-0.2, -0.15) is 0 Å². The van der Waals surface area contributed by atoms with Crippen molar-refractivity contribution in [1.29, 1.82) is 0 Å². The molecule has 1 fully saturated rings. The minimum Gasteiger partial charge on any atom is -0.335 e. The molecule has 1 saturated carbocycles. The summed E-state index contributed by atoms with van der Waals surface area (Å²) in [7, 11) is 0. The van der Waals surface area contributed by atoms with Crippen LogP contribution < -0.4 is 5.56 Å². The van der Waals surface area contributed by atoms with Gasteiger partial charge in [0.25, 0.3) is 5.56 Å². The quantitative estimate of drug-likeness (QED) is 0.687. The molecule has 6 heteroatoms. The van der Waals surface area contributed by atoms with Gasteiger partial charge in [-0.15, -0.1) is 0 Å². The average Bonchev–Trinajstić information content (AvgIpc) is 2.65. The molecule has 1 heterocycles. The van der Waals surface area contributed by atoms with Gasteiger partial charge in [-0.1, -0.05) is 42.3 Å². The van der Waals surface area contributed by atoms with Crippen LogP contribution in [0.1, 0.15) is 30.7 Å². The molecule has 1 amide bonds. The van der Waals surface area contributed by atoms with E-state index in [-0.39, 0.29) is 17.4 Å². The van der Waals surface area contributed by atoms with Crippen molar-refractivity contribution in [1.82, 2.24) is 14.9 Å². The van der Waals surface area contributed by atoms with E-state index >= 15 is 0 Å². The molecule has 1 aliphatic carbocycles. The highest BCUT2D eigenvalue weighted by Crippen LogP contribution is 2.28. The molecule has 0 bridgehead atoms. The molecule has 1 aliphatic rings. The number of benzene rings is 2. The summed E-state index contributed by atoms with van der Waals surface area (Å²) in [4.78, 5) is 34.5. The maximum absolute atomic E-state index is 12.9. The van der Waals surface area contributed by atoms with Crippen molar-refractivity contribution in [2.24, 2.45) is 5.92 Å². The van der Waals surface area contributed by atoms with Crippen LogP contribution >= 0.6 is 11.6 Å². The highest BCUT2D eigenvalue weighted by Gasteiger charge is 2.29. The van der Waals surface area contributed by atoms with Gasteiger partial charge in [0.2, 0.25) is 5.91 Å². The standard InChI is InChI=1S/C22H22ClN3O2/c23-17-10-8-15(9-11-17)12-13-26(22(28)16-4-3-5-16)14-20-24-19-7-2-1-6-18(19)21(27)25-20/h1-2,6-11,16H,3-5,12-14H2,(H,24,25,27). The fraction of sp³-hybridized carbons (Fsp3) is 0.318. The molecule has 144 valence electrons. The minimum absolute atomic E-state index is 0.0948. The van der Waals surface area contributed by atoms with Crippen LogP contribution in [0.2, 0.25) is 5.02 Å².